The van der Waals surface area contributed by atoms with Gasteiger partial charge < -0.3 is 19.4 Å². The molecule has 136 valence electrons. The van der Waals surface area contributed by atoms with Crippen molar-refractivity contribution in [2.75, 3.05) is 33.4 Å². The number of ether oxygens (including phenoxy) is 1. The maximum absolute atomic E-state index is 5.86. The standard InChI is InChI=1S/C20H29N3O2/c1-3-21-20(23(2)11-8-16-9-12-24-13-10-16)22-15-18-14-17-6-4-5-7-19(17)25-18/h4-7,14,16H,3,8-13,15H2,1-2H3,(H,21,22). The van der Waals surface area contributed by atoms with Crippen molar-refractivity contribution in [3.05, 3.63) is 36.1 Å². The lowest BCUT2D eigenvalue weighted by Crippen LogP contribution is -2.40. The smallest absolute Gasteiger partial charge is 0.194 e. The van der Waals surface area contributed by atoms with Crippen molar-refractivity contribution in [1.29, 1.82) is 0 Å². The van der Waals surface area contributed by atoms with E-state index in [1.807, 2.05) is 18.2 Å². The molecule has 25 heavy (non-hydrogen) atoms. The van der Waals surface area contributed by atoms with Gasteiger partial charge in [0.1, 0.15) is 17.9 Å². The van der Waals surface area contributed by atoms with Crippen molar-refractivity contribution >= 4 is 16.9 Å². The van der Waals surface area contributed by atoms with Gasteiger partial charge in [0, 0.05) is 38.7 Å². The molecule has 0 aliphatic carbocycles. The molecule has 0 amide bonds. The zero-order valence-electron chi connectivity index (χ0n) is 15.3. The molecule has 0 spiro atoms. The third kappa shape index (κ3) is 4.98. The summed E-state index contributed by atoms with van der Waals surface area (Å²) in [5.41, 5.74) is 0.922. The normalized spacial score (nSPS) is 16.3. The van der Waals surface area contributed by atoms with E-state index >= 15 is 0 Å². The molecule has 1 aromatic heterocycles. The highest BCUT2D eigenvalue weighted by Gasteiger charge is 2.15. The average molecular weight is 343 g/mol. The van der Waals surface area contributed by atoms with Crippen LogP contribution in [-0.4, -0.2) is 44.2 Å². The van der Waals surface area contributed by atoms with Crippen molar-refractivity contribution in [1.82, 2.24) is 10.2 Å². The van der Waals surface area contributed by atoms with Crippen molar-refractivity contribution in [3.63, 3.8) is 0 Å². The molecule has 1 aliphatic rings. The van der Waals surface area contributed by atoms with Gasteiger partial charge in [0.25, 0.3) is 0 Å². The maximum Gasteiger partial charge on any atom is 0.194 e. The van der Waals surface area contributed by atoms with E-state index in [4.69, 9.17) is 14.1 Å². The van der Waals surface area contributed by atoms with Crippen LogP contribution in [0.15, 0.2) is 39.7 Å². The van der Waals surface area contributed by atoms with Crippen LogP contribution in [0, 0.1) is 5.92 Å². The van der Waals surface area contributed by atoms with Gasteiger partial charge in [-0.25, -0.2) is 4.99 Å². The molecule has 2 aromatic rings. The lowest BCUT2D eigenvalue weighted by Gasteiger charge is -2.26. The Labute approximate surface area is 150 Å². The summed E-state index contributed by atoms with van der Waals surface area (Å²) in [4.78, 5) is 6.98. The fourth-order valence-corrected chi connectivity index (χ4v) is 3.25. The number of hydrogen-bond donors (Lipinski definition) is 1. The predicted octanol–water partition coefficient (Wildman–Crippen LogP) is 3.65. The summed E-state index contributed by atoms with van der Waals surface area (Å²) in [6, 6.07) is 10.2. The molecule has 1 saturated heterocycles. The van der Waals surface area contributed by atoms with Crippen LogP contribution in [0.4, 0.5) is 0 Å². The van der Waals surface area contributed by atoms with Gasteiger partial charge in [-0.15, -0.1) is 0 Å². The second kappa shape index (κ2) is 8.90. The van der Waals surface area contributed by atoms with Gasteiger partial charge in [0.15, 0.2) is 5.96 Å². The quantitative estimate of drug-likeness (QED) is 0.642. The van der Waals surface area contributed by atoms with Crippen LogP contribution in [0.2, 0.25) is 0 Å². The lowest BCUT2D eigenvalue weighted by atomic mass is 9.96. The Hall–Kier alpha value is -2.01. The molecule has 5 nitrogen and oxygen atoms in total. The number of nitrogens with zero attached hydrogens (tertiary/aromatic N) is 2. The number of para-hydroxylation sites is 1. The molecule has 0 unspecified atom stereocenters. The third-order valence-corrected chi connectivity index (χ3v) is 4.77. The number of benzene rings is 1. The number of aliphatic imine (C=N–C) groups is 1. The first-order chi connectivity index (χ1) is 12.3. The zero-order valence-corrected chi connectivity index (χ0v) is 15.3. The number of rotatable bonds is 6. The van der Waals surface area contributed by atoms with Crippen LogP contribution >= 0.6 is 0 Å². The average Bonchev–Trinajstić information content (AvgIpc) is 3.07. The van der Waals surface area contributed by atoms with Gasteiger partial charge in [0.05, 0.1) is 0 Å². The Morgan fingerprint density at radius 2 is 2.08 bits per heavy atom. The second-order valence-electron chi connectivity index (χ2n) is 6.69. The number of fused-ring (bicyclic) bond motifs is 1. The maximum atomic E-state index is 5.86. The summed E-state index contributed by atoms with van der Waals surface area (Å²) in [5.74, 6) is 2.61. The van der Waals surface area contributed by atoms with E-state index in [2.05, 4.69) is 36.3 Å². The molecule has 0 atom stereocenters. The van der Waals surface area contributed by atoms with Gasteiger partial charge >= 0.3 is 0 Å². The van der Waals surface area contributed by atoms with E-state index < -0.39 is 0 Å². The number of guanidine groups is 1. The second-order valence-corrected chi connectivity index (χ2v) is 6.69. The van der Waals surface area contributed by atoms with Crippen LogP contribution in [0.5, 0.6) is 0 Å². The zero-order chi connectivity index (χ0) is 17.5. The Bertz CT molecular complexity index is 656. The molecule has 2 heterocycles. The summed E-state index contributed by atoms with van der Waals surface area (Å²) in [6.45, 7) is 6.35. The molecule has 0 saturated carbocycles. The largest absolute Gasteiger partial charge is 0.459 e. The van der Waals surface area contributed by atoms with Crippen molar-refractivity contribution in [3.8, 4) is 0 Å². The van der Waals surface area contributed by atoms with Crippen LogP contribution < -0.4 is 5.32 Å². The number of nitrogens with one attached hydrogen (secondary N) is 1. The first kappa shape index (κ1) is 17.8. The Balaban J connectivity index is 1.59. The van der Waals surface area contributed by atoms with E-state index in [9.17, 15) is 0 Å². The monoisotopic (exact) mass is 343 g/mol. The van der Waals surface area contributed by atoms with Gasteiger partial charge in [-0.05, 0) is 44.2 Å². The van der Waals surface area contributed by atoms with Gasteiger partial charge in [-0.1, -0.05) is 18.2 Å². The lowest BCUT2D eigenvalue weighted by molar-refractivity contribution is 0.0625. The molecule has 1 aromatic carbocycles. The fraction of sp³-hybridized carbons (Fsp3) is 0.550. The SMILES string of the molecule is CCNC(=NCc1cc2ccccc2o1)N(C)CCC1CCOCC1. The Morgan fingerprint density at radius 3 is 2.84 bits per heavy atom. The molecule has 5 heteroatoms. The molecular weight excluding hydrogens is 314 g/mol. The minimum Gasteiger partial charge on any atom is -0.459 e. The third-order valence-electron chi connectivity index (χ3n) is 4.77. The van der Waals surface area contributed by atoms with Crippen LogP contribution in [-0.2, 0) is 11.3 Å². The minimum atomic E-state index is 0.554. The van der Waals surface area contributed by atoms with Gasteiger partial charge in [-0.2, -0.15) is 0 Å². The Kier molecular flexibility index (Phi) is 6.34. The molecular formula is C20H29N3O2. The van der Waals surface area contributed by atoms with Crippen LogP contribution in [0.25, 0.3) is 11.0 Å². The summed E-state index contributed by atoms with van der Waals surface area (Å²) in [6.07, 6.45) is 3.55. The molecule has 1 N–H and O–H groups in total. The topological polar surface area (TPSA) is 50.0 Å². The molecule has 3 rings (SSSR count). The van der Waals surface area contributed by atoms with E-state index in [0.29, 0.717) is 6.54 Å². The van der Waals surface area contributed by atoms with E-state index in [-0.39, 0.29) is 0 Å². The summed E-state index contributed by atoms with van der Waals surface area (Å²) >= 11 is 0. The van der Waals surface area contributed by atoms with Gasteiger partial charge in [0.2, 0.25) is 0 Å². The number of furan rings is 1. The van der Waals surface area contributed by atoms with Crippen LogP contribution in [0.1, 0.15) is 31.9 Å². The van der Waals surface area contributed by atoms with E-state index in [0.717, 1.165) is 54.9 Å². The van der Waals surface area contributed by atoms with Crippen molar-refractivity contribution in [2.45, 2.75) is 32.7 Å². The van der Waals surface area contributed by atoms with Crippen molar-refractivity contribution < 1.29 is 9.15 Å². The highest BCUT2D eigenvalue weighted by Crippen LogP contribution is 2.20. The molecule has 1 fully saturated rings. The van der Waals surface area contributed by atoms with Crippen molar-refractivity contribution in [2.24, 2.45) is 10.9 Å². The number of hydrogen-bond acceptors (Lipinski definition) is 3. The Morgan fingerprint density at radius 1 is 1.28 bits per heavy atom. The molecule has 0 bridgehead atoms. The van der Waals surface area contributed by atoms with E-state index in [1.165, 1.54) is 19.3 Å². The highest BCUT2D eigenvalue weighted by molar-refractivity contribution is 5.80. The van der Waals surface area contributed by atoms with Crippen LogP contribution in [0.3, 0.4) is 0 Å². The molecule has 1 aliphatic heterocycles. The fourth-order valence-electron chi connectivity index (χ4n) is 3.25. The molecule has 0 radical (unpaired) electrons. The predicted molar refractivity (Wildman–Crippen MR) is 102 cm³/mol. The minimum absolute atomic E-state index is 0.554. The van der Waals surface area contributed by atoms with E-state index in [1.54, 1.807) is 0 Å². The summed E-state index contributed by atoms with van der Waals surface area (Å²) in [5, 5.41) is 4.51. The highest BCUT2D eigenvalue weighted by atomic mass is 16.5. The summed E-state index contributed by atoms with van der Waals surface area (Å²) < 4.78 is 11.3. The first-order valence-corrected chi connectivity index (χ1v) is 9.31. The first-order valence-electron chi connectivity index (χ1n) is 9.31. The van der Waals surface area contributed by atoms with Gasteiger partial charge in [-0.3, -0.25) is 0 Å². The summed E-state index contributed by atoms with van der Waals surface area (Å²) in [7, 11) is 2.11.